The number of nitrogens with two attached hydrogens (primary N) is 1. The second-order valence-electron chi connectivity index (χ2n) is 6.70. The maximum atomic E-state index is 13.5. The molecular weight excluding hydrogens is 413 g/mol. The monoisotopic (exact) mass is 433 g/mol. The quantitative estimate of drug-likeness (QED) is 0.743. The maximum Gasteiger partial charge on any atom is 0.258 e. The molecule has 8 heteroatoms. The molecule has 1 aromatic carbocycles. The molecule has 0 radical (unpaired) electrons. The van der Waals surface area contributed by atoms with Crippen molar-refractivity contribution in [2.45, 2.75) is 32.2 Å². The van der Waals surface area contributed by atoms with Crippen LogP contribution in [-0.2, 0) is 17.7 Å². The van der Waals surface area contributed by atoms with Crippen molar-refractivity contribution in [3.05, 3.63) is 72.9 Å². The van der Waals surface area contributed by atoms with Crippen LogP contribution in [0.4, 0.5) is 0 Å². The van der Waals surface area contributed by atoms with Gasteiger partial charge in [-0.05, 0) is 24.1 Å². The van der Waals surface area contributed by atoms with E-state index in [4.69, 9.17) is 38.4 Å². The number of nitrogens with zero attached hydrogens (tertiary/aromatic N) is 2. The summed E-state index contributed by atoms with van der Waals surface area (Å²) in [7, 11) is 1.58. The van der Waals surface area contributed by atoms with E-state index < -0.39 is 5.92 Å². The Morgan fingerprint density at radius 2 is 2.10 bits per heavy atom. The van der Waals surface area contributed by atoms with Crippen molar-refractivity contribution in [2.75, 3.05) is 13.7 Å². The normalized spacial score (nSPS) is 15.6. The second kappa shape index (κ2) is 8.91. The average Bonchev–Trinajstić information content (AvgIpc) is 2.67. The Morgan fingerprint density at radius 1 is 1.34 bits per heavy atom. The average molecular weight is 434 g/mol. The number of aryl methyl sites for hydroxylation is 1. The molecule has 0 aliphatic carbocycles. The van der Waals surface area contributed by atoms with Gasteiger partial charge in [0.05, 0.1) is 18.1 Å². The molecule has 0 spiro atoms. The van der Waals surface area contributed by atoms with Gasteiger partial charge in [0.15, 0.2) is 0 Å². The number of halogens is 2. The molecule has 3 rings (SSSR count). The summed E-state index contributed by atoms with van der Waals surface area (Å²) in [4.78, 5) is 13.5. The molecule has 2 aromatic rings. The Bertz CT molecular complexity index is 1070. The summed E-state index contributed by atoms with van der Waals surface area (Å²) in [5.41, 5.74) is 7.65. The van der Waals surface area contributed by atoms with Crippen molar-refractivity contribution in [3.63, 3.8) is 0 Å². The first-order valence-corrected chi connectivity index (χ1v) is 9.96. The number of benzene rings is 1. The van der Waals surface area contributed by atoms with Gasteiger partial charge in [0.25, 0.3) is 5.56 Å². The molecule has 0 saturated heterocycles. The summed E-state index contributed by atoms with van der Waals surface area (Å²) in [6.45, 7) is 2.80. The Kier molecular flexibility index (Phi) is 6.53. The molecule has 2 N–H and O–H groups in total. The number of nitriles is 1. The van der Waals surface area contributed by atoms with Gasteiger partial charge in [-0.3, -0.25) is 4.79 Å². The number of pyridine rings is 1. The first-order chi connectivity index (χ1) is 13.9. The molecule has 1 atom stereocenters. The summed E-state index contributed by atoms with van der Waals surface area (Å²) in [6.07, 6.45) is 1.54. The van der Waals surface area contributed by atoms with E-state index in [1.807, 2.05) is 13.0 Å². The number of hydrogen-bond donors (Lipinski definition) is 1. The fraction of sp³-hybridized carbons (Fsp3) is 0.333. The third-order valence-corrected chi connectivity index (χ3v) is 5.43. The lowest BCUT2D eigenvalue weighted by molar-refractivity contribution is 0.185. The zero-order chi connectivity index (χ0) is 21.1. The van der Waals surface area contributed by atoms with Crippen molar-refractivity contribution in [1.82, 2.24) is 4.57 Å². The summed E-state index contributed by atoms with van der Waals surface area (Å²) >= 11 is 12.5. The zero-order valence-electron chi connectivity index (χ0n) is 16.2. The molecule has 1 aliphatic heterocycles. The van der Waals surface area contributed by atoms with E-state index in [0.29, 0.717) is 46.5 Å². The van der Waals surface area contributed by atoms with Crippen LogP contribution in [0.15, 0.2) is 40.5 Å². The molecule has 152 valence electrons. The number of allylic oxidation sites excluding steroid dienone is 1. The molecule has 29 heavy (non-hydrogen) atoms. The highest BCUT2D eigenvalue weighted by atomic mass is 35.5. The van der Waals surface area contributed by atoms with E-state index in [9.17, 15) is 10.1 Å². The molecule has 2 heterocycles. The van der Waals surface area contributed by atoms with Crippen molar-refractivity contribution in [1.29, 1.82) is 5.26 Å². The molecule has 6 nitrogen and oxygen atoms in total. The van der Waals surface area contributed by atoms with Gasteiger partial charge < -0.3 is 19.8 Å². The van der Waals surface area contributed by atoms with Crippen LogP contribution in [0.5, 0.6) is 5.75 Å². The SMILES string of the molecule is CCCc1cc2c(c(=O)n1CCOC)C(c1ccc(Cl)cc1Cl)C(C#N)=C(N)O2. The van der Waals surface area contributed by atoms with E-state index in [-0.39, 0.29) is 17.0 Å². The van der Waals surface area contributed by atoms with Gasteiger partial charge in [-0.2, -0.15) is 5.26 Å². The largest absolute Gasteiger partial charge is 0.440 e. The highest BCUT2D eigenvalue weighted by molar-refractivity contribution is 6.35. The number of hydrogen-bond acceptors (Lipinski definition) is 5. The highest BCUT2D eigenvalue weighted by Crippen LogP contribution is 2.43. The van der Waals surface area contributed by atoms with E-state index in [1.165, 1.54) is 0 Å². The standard InChI is InChI=1S/C21H21Cl2N3O3/c1-3-4-13-10-17-19(21(27)26(13)7-8-28-2)18(15(11-24)20(25)29-17)14-6-5-12(22)9-16(14)23/h5-6,9-10,18H,3-4,7-8,25H2,1-2H3. The molecule has 0 amide bonds. The number of fused-ring (bicyclic) bond motifs is 1. The van der Waals surface area contributed by atoms with Crippen LogP contribution in [0.2, 0.25) is 10.0 Å². The van der Waals surface area contributed by atoms with Gasteiger partial charge in [-0.15, -0.1) is 0 Å². The Morgan fingerprint density at radius 3 is 2.72 bits per heavy atom. The topological polar surface area (TPSA) is 90.3 Å². The first kappa shape index (κ1) is 21.3. The molecule has 1 unspecified atom stereocenters. The van der Waals surface area contributed by atoms with Crippen LogP contribution in [0.3, 0.4) is 0 Å². The van der Waals surface area contributed by atoms with Crippen molar-refractivity contribution >= 4 is 23.2 Å². The summed E-state index contributed by atoms with van der Waals surface area (Å²) in [5.74, 6) is -0.433. The van der Waals surface area contributed by atoms with Gasteiger partial charge in [0, 0.05) is 35.5 Å². The van der Waals surface area contributed by atoms with Crippen LogP contribution in [-0.4, -0.2) is 18.3 Å². The molecule has 1 aromatic heterocycles. The van der Waals surface area contributed by atoms with Crippen molar-refractivity contribution in [2.24, 2.45) is 5.73 Å². The van der Waals surface area contributed by atoms with Gasteiger partial charge in [-0.25, -0.2) is 0 Å². The fourth-order valence-electron chi connectivity index (χ4n) is 3.56. The summed E-state index contributed by atoms with van der Waals surface area (Å²) < 4.78 is 12.5. The lowest BCUT2D eigenvalue weighted by Crippen LogP contribution is -2.34. The minimum Gasteiger partial charge on any atom is -0.440 e. The van der Waals surface area contributed by atoms with Crippen molar-refractivity contribution < 1.29 is 9.47 Å². The van der Waals surface area contributed by atoms with Crippen LogP contribution >= 0.6 is 23.2 Å². The lowest BCUT2D eigenvalue weighted by Gasteiger charge is -2.28. The third kappa shape index (κ3) is 3.99. The predicted octanol–water partition coefficient (Wildman–Crippen LogP) is 3.97. The molecular formula is C21H21Cl2N3O3. The van der Waals surface area contributed by atoms with Gasteiger partial charge in [0.2, 0.25) is 5.88 Å². The summed E-state index contributed by atoms with van der Waals surface area (Å²) in [5, 5.41) is 10.5. The third-order valence-electron chi connectivity index (χ3n) is 4.87. The number of aromatic nitrogens is 1. The summed E-state index contributed by atoms with van der Waals surface area (Å²) in [6, 6.07) is 8.84. The Balaban J connectivity index is 2.31. The Hall–Kier alpha value is -2.46. The fourth-order valence-corrected chi connectivity index (χ4v) is 4.07. The van der Waals surface area contributed by atoms with Crippen LogP contribution in [0.1, 0.15) is 36.1 Å². The van der Waals surface area contributed by atoms with Gasteiger partial charge >= 0.3 is 0 Å². The van der Waals surface area contributed by atoms with E-state index in [0.717, 1.165) is 12.1 Å². The number of methoxy groups -OCH3 is 1. The molecule has 0 fully saturated rings. The predicted molar refractivity (Wildman–Crippen MR) is 112 cm³/mol. The minimum absolute atomic E-state index is 0.0347. The first-order valence-electron chi connectivity index (χ1n) is 9.21. The maximum absolute atomic E-state index is 13.5. The van der Waals surface area contributed by atoms with E-state index in [1.54, 1.807) is 29.9 Å². The smallest absolute Gasteiger partial charge is 0.258 e. The van der Waals surface area contributed by atoms with Gasteiger partial charge in [0.1, 0.15) is 17.4 Å². The van der Waals surface area contributed by atoms with E-state index in [2.05, 4.69) is 6.07 Å². The van der Waals surface area contributed by atoms with Gasteiger partial charge in [-0.1, -0.05) is 42.6 Å². The molecule has 1 aliphatic rings. The second-order valence-corrected chi connectivity index (χ2v) is 7.55. The van der Waals surface area contributed by atoms with E-state index >= 15 is 0 Å². The number of ether oxygens (including phenoxy) is 2. The molecule has 0 saturated carbocycles. The minimum atomic E-state index is -0.745. The van der Waals surface area contributed by atoms with Crippen LogP contribution < -0.4 is 16.0 Å². The highest BCUT2D eigenvalue weighted by Gasteiger charge is 2.35. The number of rotatable bonds is 6. The molecule has 0 bridgehead atoms. The zero-order valence-corrected chi connectivity index (χ0v) is 17.7. The van der Waals surface area contributed by atoms with Crippen molar-refractivity contribution in [3.8, 4) is 11.8 Å². The Labute approximate surface area is 179 Å². The lowest BCUT2D eigenvalue weighted by atomic mass is 9.84. The van der Waals surface area contributed by atoms with Crippen LogP contribution in [0, 0.1) is 11.3 Å². The van der Waals surface area contributed by atoms with Crippen LogP contribution in [0.25, 0.3) is 0 Å².